The molecule has 2 aromatic carbocycles. The van der Waals surface area contributed by atoms with Crippen LogP contribution in [0.15, 0.2) is 65.4 Å². The minimum atomic E-state index is -0.717. The first-order valence-corrected chi connectivity index (χ1v) is 12.3. The fourth-order valence-electron chi connectivity index (χ4n) is 4.36. The van der Waals surface area contributed by atoms with Crippen molar-refractivity contribution >= 4 is 11.8 Å². The third kappa shape index (κ3) is 5.88. The molecule has 37 heavy (non-hydrogen) atoms. The summed E-state index contributed by atoms with van der Waals surface area (Å²) in [6.45, 7) is 9.82. The Morgan fingerprint density at radius 3 is 2.38 bits per heavy atom. The Balaban J connectivity index is 1.67. The number of allylic oxidation sites excluding steroid dienone is 2. The topological polar surface area (TPSA) is 80.3 Å². The molecule has 1 heterocycles. The Hall–Kier alpha value is -3.58. The predicted octanol–water partition coefficient (Wildman–Crippen LogP) is 5.73. The second-order valence-corrected chi connectivity index (χ2v) is 10.5. The molecule has 0 saturated carbocycles. The van der Waals surface area contributed by atoms with E-state index in [1.54, 1.807) is 27.9 Å². The van der Waals surface area contributed by atoms with Gasteiger partial charge in [0.15, 0.2) is 17.3 Å². The van der Waals surface area contributed by atoms with E-state index in [9.17, 15) is 9.59 Å². The molecule has 2 aliphatic rings. The highest BCUT2D eigenvalue weighted by atomic mass is 16.7. The smallest absolute Gasteiger partial charge is 0.316 e. The predicted molar refractivity (Wildman–Crippen MR) is 138 cm³/mol. The number of carbonyl (C=O) groups is 2. The molecule has 2 atom stereocenters. The van der Waals surface area contributed by atoms with Crippen molar-refractivity contribution in [3.8, 4) is 17.2 Å². The summed E-state index contributed by atoms with van der Waals surface area (Å²) in [6, 6.07) is 13.2. The maximum absolute atomic E-state index is 14.0. The minimum Gasteiger partial charge on any atom is -0.497 e. The van der Waals surface area contributed by atoms with E-state index in [0.29, 0.717) is 29.4 Å². The molecule has 0 N–H and O–H groups in total. The summed E-state index contributed by atoms with van der Waals surface area (Å²) in [6.07, 6.45) is 1.86. The van der Waals surface area contributed by atoms with Crippen LogP contribution in [0.5, 0.6) is 17.2 Å². The van der Waals surface area contributed by atoms with E-state index in [0.717, 1.165) is 22.4 Å². The van der Waals surface area contributed by atoms with E-state index in [2.05, 4.69) is 0 Å². The van der Waals surface area contributed by atoms with Crippen molar-refractivity contribution in [2.24, 2.45) is 11.3 Å². The summed E-state index contributed by atoms with van der Waals surface area (Å²) >= 11 is 0. The van der Waals surface area contributed by atoms with Gasteiger partial charge in [-0.3, -0.25) is 9.59 Å². The molecule has 0 saturated heterocycles. The summed E-state index contributed by atoms with van der Waals surface area (Å²) < 4.78 is 28.1. The van der Waals surface area contributed by atoms with Crippen molar-refractivity contribution < 1.29 is 33.3 Å². The van der Waals surface area contributed by atoms with E-state index in [1.807, 2.05) is 62.4 Å². The van der Waals surface area contributed by atoms with Crippen LogP contribution >= 0.6 is 0 Å². The van der Waals surface area contributed by atoms with Crippen LogP contribution in [0.25, 0.3) is 0 Å². The highest BCUT2D eigenvalue weighted by molar-refractivity contribution is 6.06. The number of benzene rings is 2. The molecule has 0 unspecified atom stereocenters. The first-order chi connectivity index (χ1) is 17.6. The standard InChI is InChI=1S/C30H34O7/c1-18(2)26-25(37-29(32)30(3,4)5)14-21(16-34-15-19-7-10-22(33-6)11-8-19)27(28(26)31)20-9-12-23-24(13-20)36-17-35-23/h7-14,21,27H,15-17H2,1-6H3/t21-,27-/m0/s1. The Morgan fingerprint density at radius 1 is 1.03 bits per heavy atom. The lowest BCUT2D eigenvalue weighted by Crippen LogP contribution is -2.33. The zero-order chi connectivity index (χ0) is 26.7. The Labute approximate surface area is 218 Å². The molecule has 0 aromatic heterocycles. The van der Waals surface area contributed by atoms with Gasteiger partial charge >= 0.3 is 5.97 Å². The lowest BCUT2D eigenvalue weighted by Gasteiger charge is -2.32. The number of Topliss-reactive ketones (excluding diaryl/α,β-unsaturated/α-hetero) is 1. The van der Waals surface area contributed by atoms with Crippen molar-refractivity contribution in [1.82, 2.24) is 0 Å². The first kappa shape index (κ1) is 26.5. The van der Waals surface area contributed by atoms with Crippen molar-refractivity contribution in [3.63, 3.8) is 0 Å². The normalized spacial score (nSPS) is 18.9. The number of hydrogen-bond donors (Lipinski definition) is 0. The Morgan fingerprint density at radius 2 is 1.73 bits per heavy atom. The van der Waals surface area contributed by atoms with E-state index >= 15 is 0 Å². The summed E-state index contributed by atoms with van der Waals surface area (Å²) in [5.41, 5.74) is 2.26. The number of methoxy groups -OCH3 is 1. The molecule has 4 rings (SSSR count). The van der Waals surface area contributed by atoms with Crippen LogP contribution in [0.1, 0.15) is 51.7 Å². The SMILES string of the molecule is COc1ccc(COC[C@@H]2C=C(OC(=O)C(C)(C)C)C(=C(C)C)C(=O)[C@H]2c2ccc3c(c2)OCO3)cc1. The zero-order valence-corrected chi connectivity index (χ0v) is 22.3. The van der Waals surface area contributed by atoms with Gasteiger partial charge in [0.1, 0.15) is 11.5 Å². The lowest BCUT2D eigenvalue weighted by molar-refractivity contribution is -0.148. The molecule has 0 radical (unpaired) electrons. The molecular formula is C30H34O7. The maximum Gasteiger partial charge on any atom is 0.316 e. The highest BCUT2D eigenvalue weighted by Crippen LogP contribution is 2.43. The first-order valence-electron chi connectivity index (χ1n) is 12.3. The van der Waals surface area contributed by atoms with E-state index < -0.39 is 17.3 Å². The average Bonchev–Trinajstić information content (AvgIpc) is 3.31. The number of esters is 1. The zero-order valence-electron chi connectivity index (χ0n) is 22.3. The average molecular weight is 507 g/mol. The van der Waals surface area contributed by atoms with Gasteiger partial charge in [-0.2, -0.15) is 0 Å². The molecule has 0 bridgehead atoms. The van der Waals surface area contributed by atoms with Crippen LogP contribution in [0.3, 0.4) is 0 Å². The second kappa shape index (κ2) is 10.8. The van der Waals surface area contributed by atoms with Gasteiger partial charge < -0.3 is 23.7 Å². The molecule has 0 fully saturated rings. The van der Waals surface area contributed by atoms with Gasteiger partial charge in [0.05, 0.1) is 37.2 Å². The van der Waals surface area contributed by atoms with Crippen LogP contribution in [-0.4, -0.2) is 32.3 Å². The third-order valence-corrected chi connectivity index (χ3v) is 6.38. The largest absolute Gasteiger partial charge is 0.497 e. The van der Waals surface area contributed by atoms with Crippen LogP contribution in [0, 0.1) is 11.3 Å². The molecule has 0 amide bonds. The second-order valence-electron chi connectivity index (χ2n) is 10.5. The quantitative estimate of drug-likeness (QED) is 0.350. The fraction of sp³-hybridized carbons (Fsp3) is 0.400. The molecule has 7 heteroatoms. The van der Waals surface area contributed by atoms with Crippen LogP contribution < -0.4 is 14.2 Å². The highest BCUT2D eigenvalue weighted by Gasteiger charge is 2.40. The van der Waals surface area contributed by atoms with Gasteiger partial charge in [0.2, 0.25) is 6.79 Å². The van der Waals surface area contributed by atoms with Crippen molar-refractivity contribution in [1.29, 1.82) is 0 Å². The molecule has 1 aliphatic heterocycles. The number of fused-ring (bicyclic) bond motifs is 1. The fourth-order valence-corrected chi connectivity index (χ4v) is 4.36. The summed E-state index contributed by atoms with van der Waals surface area (Å²) in [5.74, 6) is 0.908. The van der Waals surface area contributed by atoms with Gasteiger partial charge in [0, 0.05) is 5.92 Å². The van der Waals surface area contributed by atoms with E-state index in [1.165, 1.54) is 0 Å². The molecule has 196 valence electrons. The number of ketones is 1. The monoisotopic (exact) mass is 506 g/mol. The van der Waals surface area contributed by atoms with Gasteiger partial charge in [0.25, 0.3) is 0 Å². The van der Waals surface area contributed by atoms with Gasteiger partial charge in [-0.1, -0.05) is 23.8 Å². The summed E-state index contributed by atoms with van der Waals surface area (Å²) in [4.78, 5) is 26.8. The van der Waals surface area contributed by atoms with E-state index in [-0.39, 0.29) is 25.1 Å². The van der Waals surface area contributed by atoms with Crippen molar-refractivity contribution in [3.05, 3.63) is 76.6 Å². The number of carbonyl (C=O) groups excluding carboxylic acids is 2. The lowest BCUT2D eigenvalue weighted by atomic mass is 9.75. The molecule has 7 nitrogen and oxygen atoms in total. The van der Waals surface area contributed by atoms with Crippen LogP contribution in [0.2, 0.25) is 0 Å². The number of hydrogen-bond acceptors (Lipinski definition) is 7. The van der Waals surface area contributed by atoms with Crippen molar-refractivity contribution in [2.45, 2.75) is 47.1 Å². The van der Waals surface area contributed by atoms with Gasteiger partial charge in [-0.15, -0.1) is 0 Å². The minimum absolute atomic E-state index is 0.115. The summed E-state index contributed by atoms with van der Waals surface area (Å²) in [7, 11) is 1.62. The number of ether oxygens (including phenoxy) is 5. The molecule has 0 spiro atoms. The maximum atomic E-state index is 14.0. The molecule has 1 aliphatic carbocycles. The van der Waals surface area contributed by atoms with Crippen molar-refractivity contribution in [2.75, 3.05) is 20.5 Å². The Kier molecular flexibility index (Phi) is 7.73. The van der Waals surface area contributed by atoms with E-state index in [4.69, 9.17) is 23.7 Å². The third-order valence-electron chi connectivity index (χ3n) is 6.38. The van der Waals surface area contributed by atoms with Gasteiger partial charge in [-0.05, 0) is 76.1 Å². The molecule has 2 aromatic rings. The van der Waals surface area contributed by atoms with Crippen LogP contribution in [-0.2, 0) is 25.7 Å². The summed E-state index contributed by atoms with van der Waals surface area (Å²) in [5, 5.41) is 0. The van der Waals surface area contributed by atoms with Crippen LogP contribution in [0.4, 0.5) is 0 Å². The Bertz CT molecular complexity index is 1230. The molecular weight excluding hydrogens is 472 g/mol. The van der Waals surface area contributed by atoms with Gasteiger partial charge in [-0.25, -0.2) is 0 Å². The number of rotatable bonds is 7.